The molecule has 0 amide bonds. The van der Waals surface area contributed by atoms with Gasteiger partial charge in [0, 0.05) is 5.56 Å². The Morgan fingerprint density at radius 1 is 1.10 bits per heavy atom. The summed E-state index contributed by atoms with van der Waals surface area (Å²) in [5.41, 5.74) is -3.40. The van der Waals surface area contributed by atoms with Crippen molar-refractivity contribution in [2.24, 2.45) is 0 Å². The van der Waals surface area contributed by atoms with Gasteiger partial charge in [0.25, 0.3) is 0 Å². The molecule has 0 N–H and O–H groups in total. The predicted molar refractivity (Wildman–Crippen MR) is 106 cm³/mol. The summed E-state index contributed by atoms with van der Waals surface area (Å²) in [4.78, 5) is 11.6. The number of carbonyl (C=O) groups excluding carboxylic acids is 1. The van der Waals surface area contributed by atoms with Gasteiger partial charge in [-0.3, -0.25) is 0 Å². The van der Waals surface area contributed by atoms with Crippen LogP contribution in [0.2, 0.25) is 0 Å². The van der Waals surface area contributed by atoms with Crippen molar-refractivity contribution in [2.45, 2.75) is 19.4 Å². The number of benzene rings is 1. The molecule has 0 spiro atoms. The molecule has 0 bridgehead atoms. The van der Waals surface area contributed by atoms with Crippen LogP contribution in [0.15, 0.2) is 18.2 Å². The lowest BCUT2D eigenvalue weighted by molar-refractivity contribution is -0.0500. The number of aryl methyl sites for hydroxylation is 2. The number of nitrogens with zero attached hydrogens (tertiary/aromatic N) is 2. The van der Waals surface area contributed by atoms with Crippen LogP contribution < -0.4 is 8.92 Å². The SMILES string of the molecule is COC(=O)c1sc2cc(-c3c(C)cc(C)cc3OC)nnc2c1OS(=O)(=O)C(F)(F)F. The van der Waals surface area contributed by atoms with Crippen molar-refractivity contribution in [2.75, 3.05) is 14.2 Å². The zero-order valence-electron chi connectivity index (χ0n) is 16.5. The van der Waals surface area contributed by atoms with Gasteiger partial charge in [-0.2, -0.15) is 21.6 Å². The van der Waals surface area contributed by atoms with E-state index in [1.165, 1.54) is 13.2 Å². The van der Waals surface area contributed by atoms with Gasteiger partial charge in [-0.1, -0.05) is 6.07 Å². The monoisotopic (exact) mass is 476 g/mol. The maximum Gasteiger partial charge on any atom is 0.534 e. The molecule has 0 saturated heterocycles. The molecule has 2 heterocycles. The van der Waals surface area contributed by atoms with Crippen LogP contribution in [-0.2, 0) is 14.9 Å². The molecule has 0 aliphatic rings. The number of hydrogen-bond donors (Lipinski definition) is 0. The molecule has 0 saturated carbocycles. The summed E-state index contributed by atoms with van der Waals surface area (Å²) in [6.45, 7) is 3.69. The topological polar surface area (TPSA) is 105 Å². The van der Waals surface area contributed by atoms with Crippen molar-refractivity contribution in [1.29, 1.82) is 0 Å². The molecular weight excluding hydrogens is 461 g/mol. The molecule has 0 radical (unpaired) electrons. The Hall–Kier alpha value is -2.93. The highest BCUT2D eigenvalue weighted by atomic mass is 32.2. The van der Waals surface area contributed by atoms with Crippen LogP contribution >= 0.6 is 11.3 Å². The van der Waals surface area contributed by atoms with Crippen LogP contribution in [0, 0.1) is 13.8 Å². The third kappa shape index (κ3) is 4.14. The maximum atomic E-state index is 12.8. The minimum atomic E-state index is -6.05. The van der Waals surface area contributed by atoms with Crippen molar-refractivity contribution >= 4 is 37.6 Å². The van der Waals surface area contributed by atoms with Gasteiger partial charge in [-0.15, -0.1) is 21.5 Å². The molecule has 13 heteroatoms. The number of aromatic nitrogens is 2. The van der Waals surface area contributed by atoms with Crippen LogP contribution in [-0.4, -0.2) is 44.3 Å². The first-order valence-corrected chi connectivity index (χ1v) is 10.7. The fraction of sp³-hybridized carbons (Fsp3) is 0.278. The third-order valence-electron chi connectivity index (χ3n) is 4.16. The molecule has 3 aromatic rings. The Morgan fingerprint density at radius 2 is 1.77 bits per heavy atom. The summed E-state index contributed by atoms with van der Waals surface area (Å²) in [7, 11) is -3.59. The Morgan fingerprint density at radius 3 is 2.35 bits per heavy atom. The third-order valence-corrected chi connectivity index (χ3v) is 6.20. The lowest BCUT2D eigenvalue weighted by Crippen LogP contribution is -2.28. The molecule has 0 aliphatic heterocycles. The van der Waals surface area contributed by atoms with E-state index < -0.39 is 32.2 Å². The van der Waals surface area contributed by atoms with E-state index in [0.717, 1.165) is 18.2 Å². The minimum absolute atomic E-state index is 0.166. The van der Waals surface area contributed by atoms with Gasteiger partial charge >= 0.3 is 21.6 Å². The van der Waals surface area contributed by atoms with Gasteiger partial charge < -0.3 is 13.7 Å². The maximum absolute atomic E-state index is 12.8. The first kappa shape index (κ1) is 22.7. The second kappa shape index (κ2) is 7.96. The summed E-state index contributed by atoms with van der Waals surface area (Å²) in [6.07, 6.45) is 0. The zero-order valence-corrected chi connectivity index (χ0v) is 18.2. The molecule has 0 unspecified atom stereocenters. The van der Waals surface area contributed by atoms with Crippen molar-refractivity contribution in [3.8, 4) is 22.8 Å². The summed E-state index contributed by atoms with van der Waals surface area (Å²) < 4.78 is 75.8. The average molecular weight is 476 g/mol. The van der Waals surface area contributed by atoms with Gasteiger partial charge in [-0.05, 0) is 37.1 Å². The normalized spacial score (nSPS) is 12.1. The molecule has 31 heavy (non-hydrogen) atoms. The first-order valence-electron chi connectivity index (χ1n) is 8.44. The van der Waals surface area contributed by atoms with Gasteiger partial charge in [-0.25, -0.2) is 4.79 Å². The van der Waals surface area contributed by atoms with E-state index in [4.69, 9.17) is 4.74 Å². The number of carbonyl (C=O) groups is 1. The molecule has 166 valence electrons. The zero-order chi connectivity index (χ0) is 23.1. The van der Waals surface area contributed by atoms with Crippen molar-refractivity contribution in [3.63, 3.8) is 0 Å². The van der Waals surface area contributed by atoms with Crippen molar-refractivity contribution < 1.29 is 40.0 Å². The largest absolute Gasteiger partial charge is 0.534 e. The van der Waals surface area contributed by atoms with E-state index in [1.807, 2.05) is 19.9 Å². The first-order chi connectivity index (χ1) is 14.4. The molecule has 8 nitrogen and oxygen atoms in total. The molecule has 0 atom stereocenters. The van der Waals surface area contributed by atoms with E-state index in [1.54, 1.807) is 6.07 Å². The lowest BCUT2D eigenvalue weighted by Gasteiger charge is -2.12. The number of hydrogen-bond acceptors (Lipinski definition) is 9. The molecule has 0 fully saturated rings. The highest BCUT2D eigenvalue weighted by molar-refractivity contribution is 7.88. The molecular formula is C18H15F3N2O6S2. The number of fused-ring (bicyclic) bond motifs is 1. The Labute approximate surface area is 178 Å². The molecule has 2 aromatic heterocycles. The average Bonchev–Trinajstić information content (AvgIpc) is 3.02. The predicted octanol–water partition coefficient (Wildman–Crippen LogP) is 4.00. The van der Waals surface area contributed by atoms with E-state index in [2.05, 4.69) is 19.1 Å². The number of methoxy groups -OCH3 is 2. The minimum Gasteiger partial charge on any atom is -0.496 e. The van der Waals surface area contributed by atoms with Gasteiger partial charge in [0.2, 0.25) is 0 Å². The number of esters is 1. The van der Waals surface area contributed by atoms with Crippen LogP contribution in [0.25, 0.3) is 21.5 Å². The quantitative estimate of drug-likeness (QED) is 0.309. The number of halogens is 3. The van der Waals surface area contributed by atoms with Crippen LogP contribution in [0.5, 0.6) is 11.5 Å². The highest BCUT2D eigenvalue weighted by Gasteiger charge is 2.49. The number of ether oxygens (including phenoxy) is 2. The molecule has 3 rings (SSSR count). The standard InChI is InChI=1S/C18H15F3N2O6S2/c1-8-5-9(2)13(11(6-8)27-3)10-7-12-14(23-22-10)15(16(30-12)17(24)28-4)29-31(25,26)18(19,20)21/h5-7H,1-4H3. The molecule has 0 aliphatic carbocycles. The second-order valence-electron chi connectivity index (χ2n) is 6.34. The molecule has 1 aromatic carbocycles. The summed E-state index contributed by atoms with van der Waals surface area (Å²) >= 11 is 0.665. The summed E-state index contributed by atoms with van der Waals surface area (Å²) in [5, 5.41) is 7.84. The Kier molecular flexibility index (Phi) is 5.84. The van der Waals surface area contributed by atoms with Crippen molar-refractivity contribution in [3.05, 3.63) is 34.2 Å². The fourth-order valence-corrected chi connectivity index (χ4v) is 4.42. The summed E-state index contributed by atoms with van der Waals surface area (Å²) in [6, 6.07) is 5.10. The van der Waals surface area contributed by atoms with Crippen LogP contribution in [0.4, 0.5) is 13.2 Å². The van der Waals surface area contributed by atoms with E-state index >= 15 is 0 Å². The van der Waals surface area contributed by atoms with Crippen LogP contribution in [0.3, 0.4) is 0 Å². The lowest BCUT2D eigenvalue weighted by atomic mass is 10.0. The Balaban J connectivity index is 2.24. The Bertz CT molecular complexity index is 1290. The highest BCUT2D eigenvalue weighted by Crippen LogP contribution is 2.42. The van der Waals surface area contributed by atoms with E-state index in [0.29, 0.717) is 28.3 Å². The van der Waals surface area contributed by atoms with Gasteiger partial charge in [0.15, 0.2) is 10.6 Å². The van der Waals surface area contributed by atoms with E-state index in [9.17, 15) is 26.4 Å². The van der Waals surface area contributed by atoms with Gasteiger partial charge in [0.1, 0.15) is 11.3 Å². The van der Waals surface area contributed by atoms with E-state index in [-0.39, 0.29) is 10.2 Å². The van der Waals surface area contributed by atoms with Crippen LogP contribution in [0.1, 0.15) is 20.8 Å². The van der Waals surface area contributed by atoms with Gasteiger partial charge in [0.05, 0.1) is 24.6 Å². The smallest absolute Gasteiger partial charge is 0.496 e. The summed E-state index contributed by atoms with van der Waals surface area (Å²) in [5.74, 6) is -1.48. The fourth-order valence-electron chi connectivity index (χ4n) is 2.87. The van der Waals surface area contributed by atoms with Crippen molar-refractivity contribution in [1.82, 2.24) is 10.2 Å². The number of rotatable bonds is 5. The second-order valence-corrected chi connectivity index (χ2v) is 8.93. The number of alkyl halides is 3. The number of thiophene rings is 1.